The van der Waals surface area contributed by atoms with Crippen molar-refractivity contribution in [2.75, 3.05) is 0 Å². The zero-order valence-corrected chi connectivity index (χ0v) is 15.0. The number of hydrogen-bond acceptors (Lipinski definition) is 1. The summed E-state index contributed by atoms with van der Waals surface area (Å²) in [6, 6.07) is 12.2. The van der Waals surface area contributed by atoms with Gasteiger partial charge in [0.1, 0.15) is 6.10 Å². The maximum absolute atomic E-state index is 10.6. The molecule has 0 saturated carbocycles. The molecule has 0 aliphatic rings. The Morgan fingerprint density at radius 3 is 2.00 bits per heavy atom. The molecule has 20 heavy (non-hydrogen) atoms. The molecule has 0 aromatic heterocycles. The summed E-state index contributed by atoms with van der Waals surface area (Å²) in [6.07, 6.45) is -0.623. The monoisotopic (exact) mass is 396 g/mol. The van der Waals surface area contributed by atoms with Crippen molar-refractivity contribution in [2.45, 2.75) is 32.8 Å². The molecule has 0 spiro atoms. The van der Waals surface area contributed by atoms with E-state index >= 15 is 0 Å². The Bertz CT molecular complexity index is 603. The number of aliphatic hydroxyl groups excluding tert-OH is 1. The summed E-state index contributed by atoms with van der Waals surface area (Å²) in [4.78, 5) is 0. The second-order valence-corrected chi connectivity index (χ2v) is 7.06. The van der Waals surface area contributed by atoms with Gasteiger partial charge in [0.15, 0.2) is 0 Å². The average Bonchev–Trinajstić information content (AvgIpc) is 2.42. The minimum atomic E-state index is -0.623. The van der Waals surface area contributed by atoms with Gasteiger partial charge in [-0.1, -0.05) is 70.0 Å². The van der Waals surface area contributed by atoms with Crippen LogP contribution in [0.25, 0.3) is 0 Å². The first kappa shape index (κ1) is 15.7. The van der Waals surface area contributed by atoms with Gasteiger partial charge in [0.05, 0.1) is 0 Å². The van der Waals surface area contributed by atoms with Crippen LogP contribution in [0, 0.1) is 6.92 Å². The summed E-state index contributed by atoms with van der Waals surface area (Å²) in [5, 5.41) is 10.6. The van der Waals surface area contributed by atoms with E-state index in [4.69, 9.17) is 0 Å². The van der Waals surface area contributed by atoms with Crippen molar-refractivity contribution in [3.63, 3.8) is 0 Å². The third-order valence-electron chi connectivity index (χ3n) is 3.49. The number of rotatable bonds is 3. The van der Waals surface area contributed by atoms with E-state index in [0.29, 0.717) is 5.92 Å². The van der Waals surface area contributed by atoms with E-state index in [-0.39, 0.29) is 0 Å². The second kappa shape index (κ2) is 6.42. The third kappa shape index (κ3) is 3.33. The van der Waals surface area contributed by atoms with Crippen LogP contribution in [0.2, 0.25) is 0 Å². The summed E-state index contributed by atoms with van der Waals surface area (Å²) in [6.45, 7) is 6.36. The van der Waals surface area contributed by atoms with Crippen LogP contribution < -0.4 is 0 Å². The first-order valence-electron chi connectivity index (χ1n) is 6.63. The van der Waals surface area contributed by atoms with Crippen molar-refractivity contribution >= 4 is 31.9 Å². The maximum atomic E-state index is 10.6. The molecule has 0 heterocycles. The Labute approximate surface area is 137 Å². The molecule has 1 N–H and O–H groups in total. The molecule has 0 amide bonds. The number of hydrogen-bond donors (Lipinski definition) is 1. The van der Waals surface area contributed by atoms with Crippen LogP contribution in [-0.4, -0.2) is 5.11 Å². The fraction of sp³-hybridized carbons (Fsp3) is 0.294. The van der Waals surface area contributed by atoms with Crippen LogP contribution in [0.1, 0.15) is 48.1 Å². The van der Waals surface area contributed by atoms with Crippen molar-refractivity contribution in [1.29, 1.82) is 0 Å². The van der Waals surface area contributed by atoms with E-state index in [0.717, 1.165) is 25.6 Å². The average molecular weight is 398 g/mol. The molecular formula is C17H18Br2O. The van der Waals surface area contributed by atoms with E-state index in [9.17, 15) is 5.11 Å². The molecule has 106 valence electrons. The topological polar surface area (TPSA) is 20.2 Å². The largest absolute Gasteiger partial charge is 0.384 e. The molecule has 1 nitrogen and oxygen atoms in total. The normalized spacial score (nSPS) is 12.8. The van der Waals surface area contributed by atoms with Gasteiger partial charge in [-0.15, -0.1) is 0 Å². The SMILES string of the molecule is Cc1cc(Br)c(C(O)c2ccc(C(C)C)cc2)cc1Br. The first-order valence-corrected chi connectivity index (χ1v) is 8.22. The van der Waals surface area contributed by atoms with Gasteiger partial charge in [-0.3, -0.25) is 0 Å². The highest BCUT2D eigenvalue weighted by molar-refractivity contribution is 9.11. The van der Waals surface area contributed by atoms with Crippen LogP contribution in [0.4, 0.5) is 0 Å². The molecule has 0 radical (unpaired) electrons. The predicted octanol–water partition coefficient (Wildman–Crippen LogP) is 5.73. The van der Waals surface area contributed by atoms with Gasteiger partial charge in [-0.05, 0) is 41.7 Å². The van der Waals surface area contributed by atoms with Gasteiger partial charge >= 0.3 is 0 Å². The van der Waals surface area contributed by atoms with Crippen LogP contribution >= 0.6 is 31.9 Å². The molecule has 2 aromatic rings. The third-order valence-corrected chi connectivity index (χ3v) is 5.03. The summed E-state index contributed by atoms with van der Waals surface area (Å²) < 4.78 is 1.94. The zero-order chi connectivity index (χ0) is 14.9. The fourth-order valence-corrected chi connectivity index (χ4v) is 3.15. The summed E-state index contributed by atoms with van der Waals surface area (Å²) >= 11 is 7.06. The Kier molecular flexibility index (Phi) is 5.05. The lowest BCUT2D eigenvalue weighted by Gasteiger charge is -2.16. The number of benzene rings is 2. The van der Waals surface area contributed by atoms with Gasteiger partial charge in [-0.25, -0.2) is 0 Å². The Balaban J connectivity index is 2.36. The molecule has 2 aromatic carbocycles. The quantitative estimate of drug-likeness (QED) is 0.701. The Hall–Kier alpha value is -0.640. The second-order valence-electron chi connectivity index (χ2n) is 5.35. The highest BCUT2D eigenvalue weighted by atomic mass is 79.9. The van der Waals surface area contributed by atoms with Crippen molar-refractivity contribution in [2.24, 2.45) is 0 Å². The molecule has 2 rings (SSSR count). The zero-order valence-electron chi connectivity index (χ0n) is 11.8. The number of halogens is 2. The molecule has 3 heteroatoms. The molecule has 0 saturated heterocycles. The molecule has 0 aliphatic heterocycles. The van der Waals surface area contributed by atoms with Crippen molar-refractivity contribution < 1.29 is 5.11 Å². The van der Waals surface area contributed by atoms with Gasteiger partial charge in [0.25, 0.3) is 0 Å². The summed E-state index contributed by atoms with van der Waals surface area (Å²) in [5.41, 5.74) is 4.21. The number of aliphatic hydroxyl groups is 1. The van der Waals surface area contributed by atoms with E-state index in [2.05, 4.69) is 57.8 Å². The fourth-order valence-electron chi connectivity index (χ4n) is 2.11. The van der Waals surface area contributed by atoms with E-state index in [1.165, 1.54) is 5.56 Å². The van der Waals surface area contributed by atoms with Gasteiger partial charge in [0, 0.05) is 14.5 Å². The van der Waals surface area contributed by atoms with Crippen LogP contribution in [0.3, 0.4) is 0 Å². The smallest absolute Gasteiger partial charge is 0.105 e. The van der Waals surface area contributed by atoms with Gasteiger partial charge in [-0.2, -0.15) is 0 Å². The highest BCUT2D eigenvalue weighted by Gasteiger charge is 2.15. The van der Waals surface area contributed by atoms with Crippen LogP contribution in [-0.2, 0) is 0 Å². The van der Waals surface area contributed by atoms with Crippen LogP contribution in [0.15, 0.2) is 45.3 Å². The minimum absolute atomic E-state index is 0.501. The molecular weight excluding hydrogens is 380 g/mol. The summed E-state index contributed by atoms with van der Waals surface area (Å²) in [7, 11) is 0. The number of aryl methyl sites for hydroxylation is 1. The first-order chi connectivity index (χ1) is 9.40. The predicted molar refractivity (Wildman–Crippen MR) is 91.2 cm³/mol. The lowest BCUT2D eigenvalue weighted by atomic mass is 9.96. The lowest BCUT2D eigenvalue weighted by Crippen LogP contribution is -2.02. The Morgan fingerprint density at radius 1 is 0.900 bits per heavy atom. The van der Waals surface area contributed by atoms with Crippen molar-refractivity contribution in [3.8, 4) is 0 Å². The molecule has 0 fully saturated rings. The van der Waals surface area contributed by atoms with E-state index in [1.54, 1.807) is 0 Å². The van der Waals surface area contributed by atoms with E-state index in [1.807, 2.05) is 31.2 Å². The van der Waals surface area contributed by atoms with Gasteiger partial charge in [0.2, 0.25) is 0 Å². The van der Waals surface area contributed by atoms with Crippen molar-refractivity contribution in [3.05, 3.63) is 67.6 Å². The van der Waals surface area contributed by atoms with E-state index < -0.39 is 6.10 Å². The maximum Gasteiger partial charge on any atom is 0.105 e. The molecule has 1 unspecified atom stereocenters. The van der Waals surface area contributed by atoms with Crippen molar-refractivity contribution in [1.82, 2.24) is 0 Å². The minimum Gasteiger partial charge on any atom is -0.384 e. The lowest BCUT2D eigenvalue weighted by molar-refractivity contribution is 0.219. The molecule has 1 atom stereocenters. The Morgan fingerprint density at radius 2 is 1.45 bits per heavy atom. The van der Waals surface area contributed by atoms with Crippen LogP contribution in [0.5, 0.6) is 0 Å². The summed E-state index contributed by atoms with van der Waals surface area (Å²) in [5.74, 6) is 0.501. The molecule has 0 aliphatic carbocycles. The standard InChI is InChI=1S/C17H18Br2O/c1-10(2)12-4-6-13(7-5-12)17(20)14-9-15(18)11(3)8-16(14)19/h4-10,17,20H,1-3H3. The highest BCUT2D eigenvalue weighted by Crippen LogP contribution is 2.33. The molecule has 0 bridgehead atoms. The van der Waals surface area contributed by atoms with Gasteiger partial charge < -0.3 is 5.11 Å².